The van der Waals surface area contributed by atoms with Crippen molar-refractivity contribution >= 4 is 34.1 Å². The third-order valence-electron chi connectivity index (χ3n) is 6.17. The van der Waals surface area contributed by atoms with Gasteiger partial charge in [0.1, 0.15) is 34.4 Å². The fraction of sp³-hybridized carbons (Fsp3) is 0.143. The topological polar surface area (TPSA) is 137 Å². The smallest absolute Gasteiger partial charge is 0.146 e. The second-order valence-corrected chi connectivity index (χ2v) is 8.75. The van der Waals surface area contributed by atoms with Crippen molar-refractivity contribution in [2.45, 2.75) is 0 Å². The van der Waals surface area contributed by atoms with E-state index in [2.05, 4.69) is 30.3 Å². The number of nitrogens with zero attached hydrogens (tertiary/aromatic N) is 6. The van der Waals surface area contributed by atoms with Gasteiger partial charge >= 0.3 is 0 Å². The van der Waals surface area contributed by atoms with Crippen LogP contribution < -0.4 is 9.80 Å². The van der Waals surface area contributed by atoms with Crippen LogP contribution in [0.25, 0.3) is 0 Å². The number of anilines is 2. The van der Waals surface area contributed by atoms with Crippen molar-refractivity contribution in [1.82, 2.24) is 0 Å². The fourth-order valence-electron chi connectivity index (χ4n) is 4.10. The normalized spacial score (nSPS) is 14.0. The molecule has 10 nitrogen and oxygen atoms in total. The molecule has 1 aliphatic heterocycles. The number of hydrogen-bond donors (Lipinski definition) is 4. The summed E-state index contributed by atoms with van der Waals surface area (Å²) in [5.74, 6) is -0.315. The van der Waals surface area contributed by atoms with Gasteiger partial charge in [0.25, 0.3) is 0 Å². The predicted octanol–water partition coefficient (Wildman–Crippen LogP) is 6.67. The molecule has 1 fully saturated rings. The maximum Gasteiger partial charge on any atom is 0.146 e. The molecule has 0 aliphatic carbocycles. The predicted molar refractivity (Wildman–Crippen MR) is 145 cm³/mol. The number of aromatic hydroxyl groups is 4. The largest absolute Gasteiger partial charge is 0.508 e. The first-order chi connectivity index (χ1) is 18.4. The number of benzene rings is 4. The van der Waals surface area contributed by atoms with E-state index in [0.717, 1.165) is 37.6 Å². The summed E-state index contributed by atoms with van der Waals surface area (Å²) in [7, 11) is 0. The lowest BCUT2D eigenvalue weighted by Gasteiger charge is -2.37. The van der Waals surface area contributed by atoms with Gasteiger partial charge in [-0.05, 0) is 72.8 Å². The number of phenols is 4. The zero-order chi connectivity index (χ0) is 26.5. The van der Waals surface area contributed by atoms with E-state index in [1.807, 2.05) is 48.5 Å². The Morgan fingerprint density at radius 2 is 0.816 bits per heavy atom. The number of piperazine rings is 1. The summed E-state index contributed by atoms with van der Waals surface area (Å²) in [6.45, 7) is 3.46. The highest BCUT2D eigenvalue weighted by Gasteiger charge is 2.17. The molecule has 0 aromatic heterocycles. The van der Waals surface area contributed by atoms with E-state index in [0.29, 0.717) is 11.4 Å². The summed E-state index contributed by atoms with van der Waals surface area (Å²) < 4.78 is 0. The summed E-state index contributed by atoms with van der Waals surface area (Å²) in [5.41, 5.74) is 4.11. The third kappa shape index (κ3) is 5.81. The molecule has 0 atom stereocenters. The molecule has 0 radical (unpaired) electrons. The highest BCUT2D eigenvalue weighted by atomic mass is 16.3. The van der Waals surface area contributed by atoms with Crippen LogP contribution in [0.4, 0.5) is 34.1 Å². The van der Waals surface area contributed by atoms with Gasteiger partial charge in [0.05, 0.1) is 11.4 Å². The molecule has 0 unspecified atom stereocenters. The number of azo groups is 2. The average molecular weight is 511 g/mol. The van der Waals surface area contributed by atoms with Gasteiger partial charge in [0.15, 0.2) is 0 Å². The van der Waals surface area contributed by atoms with Crippen LogP contribution in [0.1, 0.15) is 0 Å². The summed E-state index contributed by atoms with van der Waals surface area (Å²) in [4.78, 5) is 4.63. The molecular weight excluding hydrogens is 484 g/mol. The minimum absolute atomic E-state index is 0.0294. The molecule has 0 amide bonds. The molecule has 0 spiro atoms. The second kappa shape index (κ2) is 10.9. The Balaban J connectivity index is 1.15. The minimum atomic E-state index is -0.128. The van der Waals surface area contributed by atoms with Gasteiger partial charge in [0, 0.05) is 49.7 Å². The summed E-state index contributed by atoms with van der Waals surface area (Å²) in [6, 6.07) is 23.9. The van der Waals surface area contributed by atoms with E-state index < -0.39 is 0 Å². The first kappa shape index (κ1) is 24.6. The van der Waals surface area contributed by atoms with Crippen molar-refractivity contribution in [1.29, 1.82) is 0 Å². The van der Waals surface area contributed by atoms with E-state index in [4.69, 9.17) is 0 Å². The van der Waals surface area contributed by atoms with Crippen molar-refractivity contribution in [3.8, 4) is 23.0 Å². The summed E-state index contributed by atoms with van der Waals surface area (Å²) in [6.07, 6.45) is 0. The van der Waals surface area contributed by atoms with E-state index >= 15 is 0 Å². The van der Waals surface area contributed by atoms with E-state index in [9.17, 15) is 20.4 Å². The molecule has 4 N–H and O–H groups in total. The highest BCUT2D eigenvalue weighted by Crippen LogP contribution is 2.33. The molecule has 0 bridgehead atoms. The summed E-state index contributed by atoms with van der Waals surface area (Å²) >= 11 is 0. The van der Waals surface area contributed by atoms with Crippen LogP contribution in [-0.4, -0.2) is 46.6 Å². The SMILES string of the molecule is Oc1ccc(/N=N/c2ccc(N3CCN(c4ccc(/N=N/c5ccc(O)cc5O)cc4)CC3)cc2)c(O)c1. The van der Waals surface area contributed by atoms with Gasteiger partial charge in [-0.25, -0.2) is 0 Å². The van der Waals surface area contributed by atoms with Gasteiger partial charge in [-0.15, -0.1) is 10.2 Å². The molecule has 1 heterocycles. The zero-order valence-electron chi connectivity index (χ0n) is 20.4. The van der Waals surface area contributed by atoms with Crippen LogP contribution in [0.5, 0.6) is 23.0 Å². The molecule has 1 saturated heterocycles. The van der Waals surface area contributed by atoms with E-state index in [1.165, 1.54) is 36.4 Å². The molecule has 0 saturated carbocycles. The Bertz CT molecular complexity index is 1350. The van der Waals surface area contributed by atoms with E-state index in [1.54, 1.807) is 0 Å². The molecule has 38 heavy (non-hydrogen) atoms. The third-order valence-corrected chi connectivity index (χ3v) is 6.17. The standard InChI is InChI=1S/C28H26N6O4/c35-23-9-11-25(27(37)17-23)31-29-19-1-5-21(6-2-19)33-13-15-34(16-14-33)22-7-3-20(4-8-22)30-32-26-12-10-24(36)18-28(26)38/h1-12,17-18,35-38H,13-16H2/b31-29+,32-30+. The highest BCUT2D eigenvalue weighted by molar-refractivity contribution is 5.58. The van der Waals surface area contributed by atoms with Crippen LogP contribution in [0.3, 0.4) is 0 Å². The maximum absolute atomic E-state index is 9.84. The van der Waals surface area contributed by atoms with Gasteiger partial charge in [0.2, 0.25) is 0 Å². The average Bonchev–Trinajstić information content (AvgIpc) is 2.93. The zero-order valence-corrected chi connectivity index (χ0v) is 20.4. The molecule has 5 rings (SSSR count). The van der Waals surface area contributed by atoms with Crippen molar-refractivity contribution < 1.29 is 20.4 Å². The van der Waals surface area contributed by atoms with Crippen molar-refractivity contribution in [3.05, 3.63) is 84.9 Å². The fourth-order valence-corrected chi connectivity index (χ4v) is 4.10. The Morgan fingerprint density at radius 1 is 0.447 bits per heavy atom. The van der Waals surface area contributed by atoms with Crippen LogP contribution in [0, 0.1) is 0 Å². The van der Waals surface area contributed by atoms with Crippen LogP contribution in [-0.2, 0) is 0 Å². The molecular formula is C28H26N6O4. The molecule has 1 aliphatic rings. The summed E-state index contributed by atoms with van der Waals surface area (Å²) in [5, 5.41) is 54.9. The first-order valence-electron chi connectivity index (χ1n) is 12.0. The Labute approximate surface area is 219 Å². The van der Waals surface area contributed by atoms with Crippen LogP contribution in [0.2, 0.25) is 0 Å². The van der Waals surface area contributed by atoms with Crippen molar-refractivity contribution in [2.75, 3.05) is 36.0 Å². The lowest BCUT2D eigenvalue weighted by atomic mass is 10.2. The second-order valence-electron chi connectivity index (χ2n) is 8.75. The van der Waals surface area contributed by atoms with E-state index in [-0.39, 0.29) is 34.4 Å². The van der Waals surface area contributed by atoms with Crippen molar-refractivity contribution in [2.24, 2.45) is 20.5 Å². The number of phenolic OH excluding ortho intramolecular Hbond substituents is 4. The first-order valence-corrected chi connectivity index (χ1v) is 12.0. The monoisotopic (exact) mass is 510 g/mol. The van der Waals surface area contributed by atoms with Crippen molar-refractivity contribution in [3.63, 3.8) is 0 Å². The molecule has 192 valence electrons. The number of rotatable bonds is 6. The van der Waals surface area contributed by atoms with Crippen LogP contribution >= 0.6 is 0 Å². The molecule has 4 aromatic carbocycles. The van der Waals surface area contributed by atoms with Gasteiger partial charge in [-0.1, -0.05) is 0 Å². The quantitative estimate of drug-likeness (QED) is 0.214. The van der Waals surface area contributed by atoms with Gasteiger partial charge in [-0.2, -0.15) is 10.2 Å². The Hall–Kier alpha value is -5.12. The molecule has 10 heteroatoms. The number of hydrogen-bond acceptors (Lipinski definition) is 10. The Morgan fingerprint density at radius 3 is 1.16 bits per heavy atom. The van der Waals surface area contributed by atoms with Crippen LogP contribution in [0.15, 0.2) is 105 Å². The van der Waals surface area contributed by atoms with Gasteiger partial charge in [-0.3, -0.25) is 0 Å². The maximum atomic E-state index is 9.84. The van der Waals surface area contributed by atoms with Gasteiger partial charge < -0.3 is 30.2 Å². The molecule has 4 aromatic rings. The lowest BCUT2D eigenvalue weighted by molar-refractivity contribution is 0.450. The lowest BCUT2D eigenvalue weighted by Crippen LogP contribution is -2.46. The Kier molecular flexibility index (Phi) is 7.03. The minimum Gasteiger partial charge on any atom is -0.508 e.